The predicted molar refractivity (Wildman–Crippen MR) is 81.0 cm³/mol. The van der Waals surface area contributed by atoms with E-state index in [1.165, 1.54) is 0 Å². The van der Waals surface area contributed by atoms with Crippen LogP contribution in [0.5, 0.6) is 0 Å². The van der Waals surface area contributed by atoms with Gasteiger partial charge in [-0.2, -0.15) is 0 Å². The Kier molecular flexibility index (Phi) is 3.18. The molecule has 3 rings (SSSR count). The van der Waals surface area contributed by atoms with E-state index in [1.54, 1.807) is 4.90 Å². The van der Waals surface area contributed by atoms with Gasteiger partial charge in [-0.1, -0.05) is 30.3 Å². The van der Waals surface area contributed by atoms with Crippen molar-refractivity contribution < 1.29 is 9.21 Å². The highest BCUT2D eigenvalue weighted by Gasteiger charge is 2.18. The Hall–Kier alpha value is -2.29. The molecule has 3 nitrogen and oxygen atoms in total. The van der Waals surface area contributed by atoms with Crippen molar-refractivity contribution in [2.24, 2.45) is 0 Å². The second-order valence-electron chi connectivity index (χ2n) is 4.79. The lowest BCUT2D eigenvalue weighted by Gasteiger charge is -2.16. The molecule has 0 atom stereocenters. The van der Waals surface area contributed by atoms with E-state index in [9.17, 15) is 4.79 Å². The fourth-order valence-electron chi connectivity index (χ4n) is 2.56. The molecule has 0 unspecified atom stereocenters. The van der Waals surface area contributed by atoms with Gasteiger partial charge < -0.3 is 9.32 Å². The van der Waals surface area contributed by atoms with Crippen molar-refractivity contribution in [3.63, 3.8) is 0 Å². The minimum atomic E-state index is -0.0460. The van der Waals surface area contributed by atoms with Crippen LogP contribution in [0.25, 0.3) is 21.7 Å². The first-order valence-electron chi connectivity index (χ1n) is 6.95. The minimum Gasteiger partial charge on any atom is -0.451 e. The maximum atomic E-state index is 12.3. The third-order valence-corrected chi connectivity index (χ3v) is 3.69. The van der Waals surface area contributed by atoms with Crippen LogP contribution < -0.4 is 0 Å². The Bertz CT molecular complexity index is 769. The van der Waals surface area contributed by atoms with Crippen LogP contribution in [0.15, 0.2) is 46.9 Å². The number of amides is 1. The van der Waals surface area contributed by atoms with E-state index < -0.39 is 0 Å². The van der Waals surface area contributed by atoms with Gasteiger partial charge in [0.2, 0.25) is 0 Å². The molecule has 3 aromatic rings. The van der Waals surface area contributed by atoms with E-state index in [0.717, 1.165) is 21.7 Å². The summed E-state index contributed by atoms with van der Waals surface area (Å²) in [5.74, 6) is 0.371. The van der Waals surface area contributed by atoms with Gasteiger partial charge in [0.15, 0.2) is 5.76 Å². The van der Waals surface area contributed by atoms with Crippen LogP contribution in [-0.4, -0.2) is 23.9 Å². The highest BCUT2D eigenvalue weighted by Crippen LogP contribution is 2.28. The van der Waals surface area contributed by atoms with Gasteiger partial charge in [-0.05, 0) is 36.8 Å². The Balaban J connectivity index is 2.15. The minimum absolute atomic E-state index is 0.0460. The summed E-state index contributed by atoms with van der Waals surface area (Å²) in [7, 11) is 0. The normalized spacial score (nSPS) is 11.1. The van der Waals surface area contributed by atoms with E-state index in [1.807, 2.05) is 44.2 Å². The van der Waals surface area contributed by atoms with Gasteiger partial charge in [-0.25, -0.2) is 0 Å². The second kappa shape index (κ2) is 5.00. The molecule has 0 spiro atoms. The summed E-state index contributed by atoms with van der Waals surface area (Å²) in [5.41, 5.74) is 0.763. The Morgan fingerprint density at radius 1 is 1.05 bits per heavy atom. The molecule has 0 radical (unpaired) electrons. The molecule has 0 fully saturated rings. The number of carbonyl (C=O) groups is 1. The van der Waals surface area contributed by atoms with E-state index >= 15 is 0 Å². The van der Waals surface area contributed by atoms with Crippen molar-refractivity contribution in [1.29, 1.82) is 0 Å². The molecule has 0 aliphatic rings. The highest BCUT2D eigenvalue weighted by atomic mass is 16.3. The Labute approximate surface area is 117 Å². The monoisotopic (exact) mass is 267 g/mol. The molecule has 0 aliphatic heterocycles. The molecular formula is C17H17NO2. The molecular weight excluding hydrogens is 250 g/mol. The predicted octanol–water partition coefficient (Wildman–Crippen LogP) is 4.07. The van der Waals surface area contributed by atoms with Crippen LogP contribution >= 0.6 is 0 Å². The number of carbonyl (C=O) groups excluding carboxylic acids is 1. The first-order valence-corrected chi connectivity index (χ1v) is 6.95. The van der Waals surface area contributed by atoms with Crippen LogP contribution in [0.4, 0.5) is 0 Å². The van der Waals surface area contributed by atoms with Crippen molar-refractivity contribution in [3.05, 3.63) is 48.2 Å². The van der Waals surface area contributed by atoms with Gasteiger partial charge in [-0.3, -0.25) is 4.79 Å². The maximum absolute atomic E-state index is 12.3. The summed E-state index contributed by atoms with van der Waals surface area (Å²) < 4.78 is 5.73. The van der Waals surface area contributed by atoms with Crippen molar-refractivity contribution in [2.45, 2.75) is 13.8 Å². The third kappa shape index (κ3) is 1.95. The topological polar surface area (TPSA) is 33.5 Å². The molecule has 0 saturated heterocycles. The fraction of sp³-hybridized carbons (Fsp3) is 0.235. The van der Waals surface area contributed by atoms with Crippen LogP contribution in [0.1, 0.15) is 24.4 Å². The molecule has 2 aromatic carbocycles. The Morgan fingerprint density at radius 3 is 2.55 bits per heavy atom. The van der Waals surface area contributed by atoms with Crippen LogP contribution in [0, 0.1) is 0 Å². The molecule has 0 bridgehead atoms. The summed E-state index contributed by atoms with van der Waals surface area (Å²) in [6.07, 6.45) is 0. The Morgan fingerprint density at radius 2 is 1.80 bits per heavy atom. The summed E-state index contributed by atoms with van der Waals surface area (Å²) in [4.78, 5) is 14.1. The van der Waals surface area contributed by atoms with E-state index in [0.29, 0.717) is 18.8 Å². The van der Waals surface area contributed by atoms with Crippen LogP contribution in [-0.2, 0) is 0 Å². The lowest BCUT2D eigenvalue weighted by Crippen LogP contribution is -2.30. The van der Waals surface area contributed by atoms with Gasteiger partial charge >= 0.3 is 0 Å². The first kappa shape index (κ1) is 12.7. The smallest absolute Gasteiger partial charge is 0.289 e. The zero-order valence-corrected chi connectivity index (χ0v) is 11.7. The molecule has 0 saturated carbocycles. The summed E-state index contributed by atoms with van der Waals surface area (Å²) in [6.45, 7) is 5.32. The zero-order chi connectivity index (χ0) is 14.1. The number of rotatable bonds is 3. The van der Waals surface area contributed by atoms with Gasteiger partial charge in [-0.15, -0.1) is 0 Å². The maximum Gasteiger partial charge on any atom is 0.289 e. The molecule has 102 valence electrons. The number of furan rings is 1. The number of nitrogens with zero attached hydrogens (tertiary/aromatic N) is 1. The molecule has 1 amide bonds. The number of hydrogen-bond acceptors (Lipinski definition) is 2. The number of hydrogen-bond donors (Lipinski definition) is 0. The van der Waals surface area contributed by atoms with Crippen molar-refractivity contribution in [3.8, 4) is 0 Å². The average Bonchev–Trinajstić information content (AvgIpc) is 2.93. The molecule has 20 heavy (non-hydrogen) atoms. The van der Waals surface area contributed by atoms with Gasteiger partial charge in [0.25, 0.3) is 5.91 Å². The standard InChI is InChI=1S/C17H17NO2/c1-3-18(4-2)17(19)16-11-14-13-8-6-5-7-12(13)9-10-15(14)20-16/h5-11H,3-4H2,1-2H3. The lowest BCUT2D eigenvalue weighted by molar-refractivity contribution is 0.0743. The van der Waals surface area contributed by atoms with Gasteiger partial charge in [0.05, 0.1) is 0 Å². The molecule has 0 aliphatic carbocycles. The lowest BCUT2D eigenvalue weighted by atomic mass is 10.1. The zero-order valence-electron chi connectivity index (χ0n) is 11.7. The third-order valence-electron chi connectivity index (χ3n) is 3.69. The first-order chi connectivity index (χ1) is 9.74. The van der Waals surface area contributed by atoms with E-state index in [2.05, 4.69) is 12.1 Å². The number of fused-ring (bicyclic) bond motifs is 3. The summed E-state index contributed by atoms with van der Waals surface area (Å²) >= 11 is 0. The summed E-state index contributed by atoms with van der Waals surface area (Å²) in [5, 5.41) is 3.27. The molecule has 1 aromatic heterocycles. The average molecular weight is 267 g/mol. The highest BCUT2D eigenvalue weighted by molar-refractivity contribution is 6.08. The van der Waals surface area contributed by atoms with E-state index in [4.69, 9.17) is 4.42 Å². The molecule has 3 heteroatoms. The molecule has 0 N–H and O–H groups in total. The quantitative estimate of drug-likeness (QED) is 0.716. The molecule has 1 heterocycles. The second-order valence-corrected chi connectivity index (χ2v) is 4.79. The van der Waals surface area contributed by atoms with Crippen LogP contribution in [0.2, 0.25) is 0 Å². The fourth-order valence-corrected chi connectivity index (χ4v) is 2.56. The summed E-state index contributed by atoms with van der Waals surface area (Å²) in [6, 6.07) is 13.9. The van der Waals surface area contributed by atoms with Crippen molar-refractivity contribution >= 4 is 27.6 Å². The van der Waals surface area contributed by atoms with Gasteiger partial charge in [0, 0.05) is 18.5 Å². The van der Waals surface area contributed by atoms with Crippen LogP contribution in [0.3, 0.4) is 0 Å². The van der Waals surface area contributed by atoms with Crippen molar-refractivity contribution in [1.82, 2.24) is 4.90 Å². The SMILES string of the molecule is CCN(CC)C(=O)c1cc2c(ccc3ccccc32)o1. The largest absolute Gasteiger partial charge is 0.451 e. The van der Waals surface area contributed by atoms with Gasteiger partial charge in [0.1, 0.15) is 5.58 Å². The number of benzene rings is 2. The van der Waals surface area contributed by atoms with Crippen molar-refractivity contribution in [2.75, 3.05) is 13.1 Å². The van der Waals surface area contributed by atoms with E-state index in [-0.39, 0.29) is 5.91 Å².